The standard InChI is InChI=1S/C12H16ClNO2/c13-11-5-10-7-15-8-16-12(10)6-9(11)3-1-2-4-14/h5-6H,1-4,7-8,14H2. The number of hydrogen-bond donors (Lipinski definition) is 1. The van der Waals surface area contributed by atoms with E-state index >= 15 is 0 Å². The van der Waals surface area contributed by atoms with Crippen LogP contribution in [-0.2, 0) is 17.8 Å². The second kappa shape index (κ2) is 5.53. The van der Waals surface area contributed by atoms with Gasteiger partial charge in [0.2, 0.25) is 0 Å². The van der Waals surface area contributed by atoms with Gasteiger partial charge in [0.25, 0.3) is 0 Å². The molecule has 3 nitrogen and oxygen atoms in total. The number of benzene rings is 1. The maximum atomic E-state index is 6.20. The van der Waals surface area contributed by atoms with Gasteiger partial charge in [0.15, 0.2) is 6.79 Å². The summed E-state index contributed by atoms with van der Waals surface area (Å²) in [6.07, 6.45) is 3.04. The highest BCUT2D eigenvalue weighted by molar-refractivity contribution is 6.31. The van der Waals surface area contributed by atoms with Crippen LogP contribution in [0.3, 0.4) is 0 Å². The zero-order valence-electron chi connectivity index (χ0n) is 9.17. The number of nitrogens with two attached hydrogens (primary N) is 1. The van der Waals surface area contributed by atoms with Crippen LogP contribution in [0.5, 0.6) is 5.75 Å². The Morgan fingerprint density at radius 2 is 2.19 bits per heavy atom. The van der Waals surface area contributed by atoms with Crippen LogP contribution >= 0.6 is 11.6 Å². The molecule has 0 aromatic heterocycles. The highest BCUT2D eigenvalue weighted by Crippen LogP contribution is 2.30. The minimum Gasteiger partial charge on any atom is -0.467 e. The number of halogens is 1. The Hall–Kier alpha value is -0.770. The Bertz CT molecular complexity index is 368. The second-order valence-corrected chi connectivity index (χ2v) is 4.31. The lowest BCUT2D eigenvalue weighted by Gasteiger charge is -2.19. The molecular weight excluding hydrogens is 226 g/mol. The molecule has 4 heteroatoms. The summed E-state index contributed by atoms with van der Waals surface area (Å²) in [7, 11) is 0. The van der Waals surface area contributed by atoms with E-state index in [9.17, 15) is 0 Å². The molecule has 1 aromatic rings. The van der Waals surface area contributed by atoms with E-state index in [1.807, 2.05) is 12.1 Å². The van der Waals surface area contributed by atoms with Crippen LogP contribution < -0.4 is 10.5 Å². The molecule has 0 unspecified atom stereocenters. The number of rotatable bonds is 4. The van der Waals surface area contributed by atoms with Crippen LogP contribution in [0.15, 0.2) is 12.1 Å². The van der Waals surface area contributed by atoms with Gasteiger partial charge in [-0.2, -0.15) is 0 Å². The van der Waals surface area contributed by atoms with Gasteiger partial charge in [-0.3, -0.25) is 0 Å². The van der Waals surface area contributed by atoms with E-state index in [4.69, 9.17) is 26.8 Å². The summed E-state index contributed by atoms with van der Waals surface area (Å²) in [5.74, 6) is 0.901. The molecule has 0 fully saturated rings. The van der Waals surface area contributed by atoms with Crippen molar-refractivity contribution in [1.82, 2.24) is 0 Å². The second-order valence-electron chi connectivity index (χ2n) is 3.91. The summed E-state index contributed by atoms with van der Waals surface area (Å²) in [6, 6.07) is 3.96. The third-order valence-electron chi connectivity index (χ3n) is 2.69. The minimum absolute atomic E-state index is 0.330. The Labute approximate surface area is 100 Å². The van der Waals surface area contributed by atoms with Crippen LogP contribution in [-0.4, -0.2) is 13.3 Å². The van der Waals surface area contributed by atoms with Crippen molar-refractivity contribution >= 4 is 11.6 Å². The zero-order chi connectivity index (χ0) is 11.4. The smallest absolute Gasteiger partial charge is 0.189 e. The predicted molar refractivity (Wildman–Crippen MR) is 63.7 cm³/mol. The molecule has 2 rings (SSSR count). The molecule has 0 saturated carbocycles. The van der Waals surface area contributed by atoms with Crippen molar-refractivity contribution < 1.29 is 9.47 Å². The molecule has 1 aromatic carbocycles. The third-order valence-corrected chi connectivity index (χ3v) is 3.04. The summed E-state index contributed by atoms with van der Waals surface area (Å²) >= 11 is 6.20. The molecule has 0 aliphatic carbocycles. The van der Waals surface area contributed by atoms with Gasteiger partial charge in [-0.25, -0.2) is 0 Å². The topological polar surface area (TPSA) is 44.5 Å². The molecular formula is C12H16ClNO2. The van der Waals surface area contributed by atoms with Gasteiger partial charge < -0.3 is 15.2 Å². The first kappa shape index (κ1) is 11.7. The van der Waals surface area contributed by atoms with Crippen molar-refractivity contribution in [3.63, 3.8) is 0 Å². The van der Waals surface area contributed by atoms with E-state index in [0.29, 0.717) is 13.4 Å². The quantitative estimate of drug-likeness (QED) is 0.824. The highest BCUT2D eigenvalue weighted by Gasteiger charge is 2.13. The summed E-state index contributed by atoms with van der Waals surface area (Å²) in [4.78, 5) is 0. The van der Waals surface area contributed by atoms with Gasteiger partial charge in [0.05, 0.1) is 6.61 Å². The lowest BCUT2D eigenvalue weighted by Crippen LogP contribution is -2.11. The molecule has 1 aliphatic heterocycles. The summed E-state index contributed by atoms with van der Waals surface area (Å²) in [6.45, 7) is 1.64. The van der Waals surface area contributed by atoms with Gasteiger partial charge in [0.1, 0.15) is 5.75 Å². The number of fused-ring (bicyclic) bond motifs is 1. The molecule has 0 radical (unpaired) electrons. The monoisotopic (exact) mass is 241 g/mol. The van der Waals surface area contributed by atoms with Crippen LogP contribution in [0, 0.1) is 0 Å². The fraction of sp³-hybridized carbons (Fsp3) is 0.500. The largest absolute Gasteiger partial charge is 0.467 e. The lowest BCUT2D eigenvalue weighted by molar-refractivity contribution is -0.0164. The molecule has 1 aliphatic rings. The molecule has 0 atom stereocenters. The van der Waals surface area contributed by atoms with Crippen LogP contribution in [0.25, 0.3) is 0 Å². The minimum atomic E-state index is 0.330. The van der Waals surface area contributed by atoms with Crippen LogP contribution in [0.4, 0.5) is 0 Å². The Kier molecular flexibility index (Phi) is 4.04. The predicted octanol–water partition coefficient (Wildman–Crippen LogP) is 2.49. The Morgan fingerprint density at radius 1 is 1.31 bits per heavy atom. The Balaban J connectivity index is 2.12. The SMILES string of the molecule is NCCCCc1cc2c(cc1Cl)COCO2. The van der Waals surface area contributed by atoms with Gasteiger partial charge in [-0.15, -0.1) is 0 Å². The van der Waals surface area contributed by atoms with E-state index in [0.717, 1.165) is 47.7 Å². The first-order valence-corrected chi connectivity index (χ1v) is 5.91. The maximum Gasteiger partial charge on any atom is 0.189 e. The summed E-state index contributed by atoms with van der Waals surface area (Å²) in [5, 5.41) is 0.796. The van der Waals surface area contributed by atoms with Crippen LogP contribution in [0.2, 0.25) is 5.02 Å². The first-order valence-electron chi connectivity index (χ1n) is 5.53. The molecule has 2 N–H and O–H groups in total. The maximum absolute atomic E-state index is 6.20. The highest BCUT2D eigenvalue weighted by atomic mass is 35.5. The van der Waals surface area contributed by atoms with Gasteiger partial charge in [0, 0.05) is 10.6 Å². The third kappa shape index (κ3) is 2.67. The van der Waals surface area contributed by atoms with Gasteiger partial charge in [-0.1, -0.05) is 11.6 Å². The van der Waals surface area contributed by atoms with Gasteiger partial charge >= 0.3 is 0 Å². The normalized spacial score (nSPS) is 14.4. The van der Waals surface area contributed by atoms with E-state index in [-0.39, 0.29) is 0 Å². The number of aryl methyl sites for hydroxylation is 1. The van der Waals surface area contributed by atoms with Crippen molar-refractivity contribution in [3.8, 4) is 5.75 Å². The van der Waals surface area contributed by atoms with Crippen molar-refractivity contribution in [2.45, 2.75) is 25.9 Å². The van der Waals surface area contributed by atoms with Crippen molar-refractivity contribution in [1.29, 1.82) is 0 Å². The van der Waals surface area contributed by atoms with Crippen molar-refractivity contribution in [2.24, 2.45) is 5.73 Å². The molecule has 1 heterocycles. The molecule has 88 valence electrons. The molecule has 0 spiro atoms. The fourth-order valence-corrected chi connectivity index (χ4v) is 2.07. The van der Waals surface area contributed by atoms with Crippen molar-refractivity contribution in [3.05, 3.63) is 28.3 Å². The Morgan fingerprint density at radius 3 is 3.00 bits per heavy atom. The molecule has 0 saturated heterocycles. The van der Waals surface area contributed by atoms with E-state index < -0.39 is 0 Å². The van der Waals surface area contributed by atoms with E-state index in [2.05, 4.69) is 0 Å². The van der Waals surface area contributed by atoms with Crippen molar-refractivity contribution in [2.75, 3.05) is 13.3 Å². The number of ether oxygens (including phenoxy) is 2. The van der Waals surface area contributed by atoms with E-state index in [1.54, 1.807) is 0 Å². The number of hydrogen-bond acceptors (Lipinski definition) is 3. The lowest BCUT2D eigenvalue weighted by atomic mass is 10.0. The average Bonchev–Trinajstić information content (AvgIpc) is 2.30. The molecule has 0 amide bonds. The fourth-order valence-electron chi connectivity index (χ4n) is 1.79. The van der Waals surface area contributed by atoms with Gasteiger partial charge in [-0.05, 0) is 43.5 Å². The summed E-state index contributed by atoms with van der Waals surface area (Å²) in [5.41, 5.74) is 7.63. The zero-order valence-corrected chi connectivity index (χ0v) is 9.93. The average molecular weight is 242 g/mol. The molecule has 16 heavy (non-hydrogen) atoms. The molecule has 0 bridgehead atoms. The van der Waals surface area contributed by atoms with E-state index in [1.165, 1.54) is 0 Å². The summed E-state index contributed by atoms with van der Waals surface area (Å²) < 4.78 is 10.6. The van der Waals surface area contributed by atoms with Crippen LogP contribution in [0.1, 0.15) is 24.0 Å². The first-order chi connectivity index (χ1) is 7.81. The number of unbranched alkanes of at least 4 members (excludes halogenated alkanes) is 1.